The molecule has 0 aliphatic heterocycles. The van der Waals surface area contributed by atoms with Crippen LogP contribution in [0.4, 0.5) is 0 Å². The Labute approximate surface area is 88.0 Å². The Hall–Kier alpha value is -1.90. The van der Waals surface area contributed by atoms with Crippen LogP contribution in [-0.2, 0) is 16.0 Å². The SMILES string of the molecule is O=CC=Cc1cccc(CCC(=O)O)c1. The van der Waals surface area contributed by atoms with E-state index in [9.17, 15) is 9.59 Å². The van der Waals surface area contributed by atoms with Gasteiger partial charge in [-0.05, 0) is 23.6 Å². The van der Waals surface area contributed by atoms with Crippen LogP contribution in [0.2, 0.25) is 0 Å². The Balaban J connectivity index is 2.69. The third kappa shape index (κ3) is 4.22. The molecule has 1 aromatic carbocycles. The van der Waals surface area contributed by atoms with Gasteiger partial charge in [-0.3, -0.25) is 9.59 Å². The molecule has 0 fully saturated rings. The Morgan fingerprint density at radius 3 is 2.87 bits per heavy atom. The van der Waals surface area contributed by atoms with Crippen molar-refractivity contribution < 1.29 is 14.7 Å². The van der Waals surface area contributed by atoms with E-state index in [-0.39, 0.29) is 6.42 Å². The zero-order valence-electron chi connectivity index (χ0n) is 8.22. The highest BCUT2D eigenvalue weighted by atomic mass is 16.4. The fraction of sp³-hybridized carbons (Fsp3) is 0.167. The number of benzene rings is 1. The van der Waals surface area contributed by atoms with Crippen LogP contribution in [0.5, 0.6) is 0 Å². The first-order chi connectivity index (χ1) is 7.22. The normalized spacial score (nSPS) is 10.4. The van der Waals surface area contributed by atoms with Gasteiger partial charge in [-0.15, -0.1) is 0 Å². The number of carbonyl (C=O) groups is 2. The molecule has 0 spiro atoms. The molecular formula is C12H12O3. The second-order valence-electron chi connectivity index (χ2n) is 3.13. The molecule has 1 rings (SSSR count). The lowest BCUT2D eigenvalue weighted by molar-refractivity contribution is -0.136. The summed E-state index contributed by atoms with van der Waals surface area (Å²) >= 11 is 0. The van der Waals surface area contributed by atoms with Crippen LogP contribution in [-0.4, -0.2) is 17.4 Å². The van der Waals surface area contributed by atoms with Crippen LogP contribution in [0, 0.1) is 0 Å². The molecule has 0 heterocycles. The van der Waals surface area contributed by atoms with Gasteiger partial charge in [0.2, 0.25) is 0 Å². The standard InChI is InChI=1S/C12H12O3/c13-8-2-5-10-3-1-4-11(9-10)6-7-12(14)15/h1-5,8-9H,6-7H2,(H,14,15). The van der Waals surface area contributed by atoms with E-state index in [0.29, 0.717) is 12.7 Å². The molecule has 0 atom stereocenters. The first kappa shape index (κ1) is 11.2. The summed E-state index contributed by atoms with van der Waals surface area (Å²) in [7, 11) is 0. The van der Waals surface area contributed by atoms with Crippen LogP contribution in [0.3, 0.4) is 0 Å². The van der Waals surface area contributed by atoms with E-state index in [4.69, 9.17) is 5.11 Å². The summed E-state index contributed by atoms with van der Waals surface area (Å²) in [6, 6.07) is 7.47. The number of hydrogen-bond acceptors (Lipinski definition) is 2. The first-order valence-electron chi connectivity index (χ1n) is 4.65. The fourth-order valence-corrected chi connectivity index (χ4v) is 1.25. The lowest BCUT2D eigenvalue weighted by Gasteiger charge is -1.99. The topological polar surface area (TPSA) is 54.4 Å². The maximum absolute atomic E-state index is 10.4. The summed E-state index contributed by atoms with van der Waals surface area (Å²) < 4.78 is 0. The number of carboxylic acids is 1. The molecule has 1 aromatic rings. The van der Waals surface area contributed by atoms with Gasteiger partial charge in [-0.2, -0.15) is 0 Å². The molecule has 0 aliphatic carbocycles. The van der Waals surface area contributed by atoms with Crippen molar-refractivity contribution in [3.63, 3.8) is 0 Å². The molecule has 0 bridgehead atoms. The van der Waals surface area contributed by atoms with Gasteiger partial charge in [0.1, 0.15) is 6.29 Å². The highest BCUT2D eigenvalue weighted by molar-refractivity contribution is 5.74. The van der Waals surface area contributed by atoms with Gasteiger partial charge >= 0.3 is 5.97 Å². The third-order valence-electron chi connectivity index (χ3n) is 1.95. The Morgan fingerprint density at radius 2 is 2.20 bits per heavy atom. The van der Waals surface area contributed by atoms with Gasteiger partial charge in [0.05, 0.1) is 0 Å². The molecule has 0 amide bonds. The maximum Gasteiger partial charge on any atom is 0.303 e. The third-order valence-corrected chi connectivity index (χ3v) is 1.95. The highest BCUT2D eigenvalue weighted by Crippen LogP contribution is 2.08. The molecule has 3 nitrogen and oxygen atoms in total. The van der Waals surface area contributed by atoms with Crippen molar-refractivity contribution in [1.82, 2.24) is 0 Å². The number of aryl methyl sites for hydroxylation is 1. The van der Waals surface area contributed by atoms with E-state index >= 15 is 0 Å². The van der Waals surface area contributed by atoms with Gasteiger partial charge in [0.15, 0.2) is 0 Å². The smallest absolute Gasteiger partial charge is 0.303 e. The average molecular weight is 204 g/mol. The molecule has 0 aromatic heterocycles. The molecule has 15 heavy (non-hydrogen) atoms. The number of rotatable bonds is 5. The van der Waals surface area contributed by atoms with Gasteiger partial charge < -0.3 is 5.11 Å². The van der Waals surface area contributed by atoms with Crippen LogP contribution < -0.4 is 0 Å². The lowest BCUT2D eigenvalue weighted by Crippen LogP contribution is -1.97. The van der Waals surface area contributed by atoms with E-state index in [0.717, 1.165) is 11.1 Å². The van der Waals surface area contributed by atoms with E-state index in [1.165, 1.54) is 6.08 Å². The van der Waals surface area contributed by atoms with E-state index in [1.54, 1.807) is 6.08 Å². The zero-order valence-corrected chi connectivity index (χ0v) is 8.22. The minimum absolute atomic E-state index is 0.126. The molecule has 3 heteroatoms. The van der Waals surface area contributed by atoms with Crippen molar-refractivity contribution in [2.24, 2.45) is 0 Å². The van der Waals surface area contributed by atoms with Crippen molar-refractivity contribution in [2.45, 2.75) is 12.8 Å². The number of allylic oxidation sites excluding steroid dienone is 1. The molecule has 0 radical (unpaired) electrons. The number of aliphatic carboxylic acids is 1. The predicted octanol–water partition coefficient (Wildman–Crippen LogP) is 1.92. The van der Waals surface area contributed by atoms with Gasteiger partial charge in [-0.1, -0.05) is 30.3 Å². The molecule has 0 aliphatic rings. The van der Waals surface area contributed by atoms with E-state index in [1.807, 2.05) is 24.3 Å². The van der Waals surface area contributed by atoms with Gasteiger partial charge in [0, 0.05) is 6.42 Å². The van der Waals surface area contributed by atoms with E-state index < -0.39 is 5.97 Å². The van der Waals surface area contributed by atoms with Gasteiger partial charge in [-0.25, -0.2) is 0 Å². The summed E-state index contributed by atoms with van der Waals surface area (Å²) in [4.78, 5) is 20.5. The quantitative estimate of drug-likeness (QED) is 0.588. The molecule has 1 N–H and O–H groups in total. The number of aldehydes is 1. The Bertz CT molecular complexity index is 380. The van der Waals surface area contributed by atoms with Crippen LogP contribution >= 0.6 is 0 Å². The lowest BCUT2D eigenvalue weighted by atomic mass is 10.1. The monoisotopic (exact) mass is 204 g/mol. The van der Waals surface area contributed by atoms with Crippen LogP contribution in [0.15, 0.2) is 30.3 Å². The molecule has 0 saturated heterocycles. The number of carboxylic acid groups (broad SMARTS) is 1. The zero-order chi connectivity index (χ0) is 11.1. The minimum atomic E-state index is -0.802. The van der Waals surface area contributed by atoms with Crippen molar-refractivity contribution in [1.29, 1.82) is 0 Å². The first-order valence-corrected chi connectivity index (χ1v) is 4.65. The predicted molar refractivity (Wildman–Crippen MR) is 57.5 cm³/mol. The summed E-state index contributed by atoms with van der Waals surface area (Å²) in [5.41, 5.74) is 1.87. The Kier molecular flexibility index (Phi) is 4.29. The fourth-order valence-electron chi connectivity index (χ4n) is 1.25. The summed E-state index contributed by atoms with van der Waals surface area (Å²) in [6.07, 6.45) is 4.45. The largest absolute Gasteiger partial charge is 0.481 e. The second-order valence-corrected chi connectivity index (χ2v) is 3.13. The van der Waals surface area contributed by atoms with E-state index in [2.05, 4.69) is 0 Å². The summed E-state index contributed by atoms with van der Waals surface area (Å²) in [6.45, 7) is 0. The Morgan fingerprint density at radius 1 is 1.40 bits per heavy atom. The van der Waals surface area contributed by atoms with Gasteiger partial charge in [0.25, 0.3) is 0 Å². The molecule has 0 saturated carbocycles. The van der Waals surface area contributed by atoms with Crippen LogP contribution in [0.1, 0.15) is 17.5 Å². The number of carbonyl (C=O) groups excluding carboxylic acids is 1. The van der Waals surface area contributed by atoms with Crippen LogP contribution in [0.25, 0.3) is 6.08 Å². The minimum Gasteiger partial charge on any atom is -0.481 e. The van der Waals surface area contributed by atoms with Crippen molar-refractivity contribution in [3.8, 4) is 0 Å². The average Bonchev–Trinajstić information content (AvgIpc) is 2.24. The summed E-state index contributed by atoms with van der Waals surface area (Å²) in [5, 5.41) is 8.53. The number of hydrogen-bond donors (Lipinski definition) is 1. The van der Waals surface area contributed by atoms with Crippen molar-refractivity contribution in [3.05, 3.63) is 41.5 Å². The highest BCUT2D eigenvalue weighted by Gasteiger charge is 1.98. The molecular weight excluding hydrogens is 192 g/mol. The summed E-state index contributed by atoms with van der Waals surface area (Å²) in [5.74, 6) is -0.802. The van der Waals surface area contributed by atoms with Crippen molar-refractivity contribution in [2.75, 3.05) is 0 Å². The van der Waals surface area contributed by atoms with Crippen molar-refractivity contribution >= 4 is 18.3 Å². The molecule has 0 unspecified atom stereocenters. The maximum atomic E-state index is 10.4. The second kappa shape index (κ2) is 5.75. The molecule has 78 valence electrons.